The van der Waals surface area contributed by atoms with Crippen LogP contribution < -0.4 is 14.8 Å². The summed E-state index contributed by atoms with van der Waals surface area (Å²) in [6.07, 6.45) is 0. The zero-order chi connectivity index (χ0) is 18.1. The Morgan fingerprint density at radius 2 is 1.80 bits per heavy atom. The second kappa shape index (κ2) is 6.72. The molecule has 1 aromatic heterocycles. The number of carbonyl (C=O) groups is 1. The Balaban J connectivity index is 1.98. The van der Waals surface area contributed by atoms with Crippen LogP contribution in [0.15, 0.2) is 30.3 Å². The molecule has 1 heterocycles. The fourth-order valence-corrected chi connectivity index (χ4v) is 3.88. The number of thiophene rings is 1. The van der Waals surface area contributed by atoms with Crippen molar-refractivity contribution >= 4 is 33.0 Å². The molecule has 0 unspecified atom stereocenters. The maximum absolute atomic E-state index is 14.0. The summed E-state index contributed by atoms with van der Waals surface area (Å²) in [5.41, 5.74) is 2.12. The fourth-order valence-electron chi connectivity index (χ4n) is 2.76. The summed E-state index contributed by atoms with van der Waals surface area (Å²) in [4.78, 5) is 13.2. The van der Waals surface area contributed by atoms with Crippen LogP contribution in [-0.2, 0) is 0 Å². The minimum atomic E-state index is -0.312. The van der Waals surface area contributed by atoms with Gasteiger partial charge in [0.15, 0.2) is 11.5 Å². The van der Waals surface area contributed by atoms with Gasteiger partial charge in [-0.2, -0.15) is 0 Å². The zero-order valence-electron chi connectivity index (χ0n) is 14.4. The van der Waals surface area contributed by atoms with E-state index in [0.29, 0.717) is 33.0 Å². The number of carbonyl (C=O) groups excluding carboxylic acids is 1. The van der Waals surface area contributed by atoms with Crippen molar-refractivity contribution in [3.63, 3.8) is 0 Å². The number of aryl methyl sites for hydroxylation is 2. The molecule has 0 fully saturated rings. The van der Waals surface area contributed by atoms with E-state index in [0.717, 1.165) is 10.3 Å². The molecule has 3 rings (SSSR count). The third-order valence-corrected chi connectivity index (χ3v) is 5.34. The number of amides is 1. The molecule has 1 amide bonds. The maximum atomic E-state index is 14.0. The van der Waals surface area contributed by atoms with E-state index < -0.39 is 0 Å². The fraction of sp³-hybridized carbons (Fsp3) is 0.211. The highest BCUT2D eigenvalue weighted by molar-refractivity contribution is 7.21. The number of methoxy groups -OCH3 is 2. The minimum Gasteiger partial charge on any atom is -0.493 e. The molecule has 0 atom stereocenters. The normalized spacial score (nSPS) is 10.8. The molecule has 2 aromatic carbocycles. The van der Waals surface area contributed by atoms with E-state index in [1.54, 1.807) is 32.2 Å². The number of fused-ring (bicyclic) bond motifs is 1. The molecule has 0 aliphatic carbocycles. The summed E-state index contributed by atoms with van der Waals surface area (Å²) in [6, 6.07) is 8.38. The van der Waals surface area contributed by atoms with Crippen molar-refractivity contribution < 1.29 is 18.7 Å². The summed E-state index contributed by atoms with van der Waals surface area (Å²) in [7, 11) is 3.10. The molecule has 1 N–H and O–H groups in total. The smallest absolute Gasteiger partial charge is 0.266 e. The van der Waals surface area contributed by atoms with Gasteiger partial charge < -0.3 is 14.8 Å². The molecule has 0 radical (unpaired) electrons. The van der Waals surface area contributed by atoms with E-state index in [9.17, 15) is 9.18 Å². The van der Waals surface area contributed by atoms with E-state index in [2.05, 4.69) is 5.32 Å². The van der Waals surface area contributed by atoms with E-state index in [1.165, 1.54) is 24.5 Å². The zero-order valence-corrected chi connectivity index (χ0v) is 15.2. The minimum absolute atomic E-state index is 0.270. The highest BCUT2D eigenvalue weighted by atomic mass is 32.1. The molecule has 0 aliphatic heterocycles. The van der Waals surface area contributed by atoms with Gasteiger partial charge in [-0.3, -0.25) is 4.79 Å². The number of hydrogen-bond donors (Lipinski definition) is 1. The molecular weight excluding hydrogens is 341 g/mol. The highest BCUT2D eigenvalue weighted by Gasteiger charge is 2.19. The van der Waals surface area contributed by atoms with Gasteiger partial charge in [-0.15, -0.1) is 11.3 Å². The van der Waals surface area contributed by atoms with Gasteiger partial charge in [0.1, 0.15) is 5.82 Å². The third kappa shape index (κ3) is 3.05. The molecule has 4 nitrogen and oxygen atoms in total. The van der Waals surface area contributed by atoms with Gasteiger partial charge in [0, 0.05) is 21.8 Å². The molecule has 0 spiro atoms. The summed E-state index contributed by atoms with van der Waals surface area (Å²) >= 11 is 1.28. The quantitative estimate of drug-likeness (QED) is 0.719. The second-order valence-corrected chi connectivity index (χ2v) is 6.70. The van der Waals surface area contributed by atoms with Gasteiger partial charge >= 0.3 is 0 Å². The molecule has 6 heteroatoms. The lowest BCUT2D eigenvalue weighted by atomic mass is 10.1. The van der Waals surface area contributed by atoms with Crippen molar-refractivity contribution in [1.82, 2.24) is 0 Å². The van der Waals surface area contributed by atoms with Crippen molar-refractivity contribution in [2.75, 3.05) is 19.5 Å². The van der Waals surface area contributed by atoms with Crippen LogP contribution in [-0.4, -0.2) is 20.1 Å². The van der Waals surface area contributed by atoms with Gasteiger partial charge in [0.2, 0.25) is 0 Å². The average Bonchev–Trinajstić information content (AvgIpc) is 2.94. The number of anilines is 1. The van der Waals surface area contributed by atoms with Gasteiger partial charge in [0.05, 0.1) is 19.1 Å². The van der Waals surface area contributed by atoms with Crippen LogP contribution in [0.1, 0.15) is 20.8 Å². The lowest BCUT2D eigenvalue weighted by Gasteiger charge is -2.13. The summed E-state index contributed by atoms with van der Waals surface area (Å²) in [5.74, 6) is 0.543. The van der Waals surface area contributed by atoms with E-state index >= 15 is 0 Å². The van der Waals surface area contributed by atoms with Crippen molar-refractivity contribution in [2.24, 2.45) is 0 Å². The van der Waals surface area contributed by atoms with Crippen LogP contribution in [0.2, 0.25) is 0 Å². The Hall–Kier alpha value is -2.60. The van der Waals surface area contributed by atoms with Crippen molar-refractivity contribution in [2.45, 2.75) is 13.8 Å². The van der Waals surface area contributed by atoms with Crippen molar-refractivity contribution in [3.8, 4) is 11.5 Å². The predicted molar refractivity (Wildman–Crippen MR) is 98.8 cm³/mol. The van der Waals surface area contributed by atoms with Crippen LogP contribution in [0.4, 0.5) is 10.1 Å². The number of hydrogen-bond acceptors (Lipinski definition) is 4. The first-order chi connectivity index (χ1) is 12.0. The molecule has 130 valence electrons. The number of halogens is 1. The van der Waals surface area contributed by atoms with Crippen LogP contribution in [0.25, 0.3) is 10.1 Å². The molecule has 0 bridgehead atoms. The first-order valence-corrected chi connectivity index (χ1v) is 8.49. The Labute approximate surface area is 149 Å². The molecule has 0 saturated heterocycles. The van der Waals surface area contributed by atoms with Crippen molar-refractivity contribution in [1.29, 1.82) is 0 Å². The van der Waals surface area contributed by atoms with Gasteiger partial charge in [-0.25, -0.2) is 4.39 Å². The predicted octanol–water partition coefficient (Wildman–Crippen LogP) is 4.93. The highest BCUT2D eigenvalue weighted by Crippen LogP contribution is 2.35. The molecular formula is C19H18FNO3S. The summed E-state index contributed by atoms with van der Waals surface area (Å²) < 4.78 is 25.3. The maximum Gasteiger partial charge on any atom is 0.266 e. The standard InChI is InChI=1S/C19H18FNO3S/c1-10-8-14(23-3)15(24-4)9-13(10)21-19(22)18-11(2)17-12(20)6-5-7-16(17)25-18/h5-9H,1-4H3,(H,21,22). The van der Waals surface area contributed by atoms with Crippen LogP contribution in [0.5, 0.6) is 11.5 Å². The number of benzene rings is 2. The number of ether oxygens (including phenoxy) is 2. The molecule has 3 aromatic rings. The summed E-state index contributed by atoms with van der Waals surface area (Å²) in [6.45, 7) is 3.63. The Morgan fingerprint density at radius 3 is 2.44 bits per heavy atom. The molecule has 25 heavy (non-hydrogen) atoms. The van der Waals surface area contributed by atoms with E-state index in [-0.39, 0.29) is 11.7 Å². The Kier molecular flexibility index (Phi) is 4.63. The van der Waals surface area contributed by atoms with Crippen LogP contribution in [0, 0.1) is 19.7 Å². The Bertz CT molecular complexity index is 965. The van der Waals surface area contributed by atoms with Crippen LogP contribution >= 0.6 is 11.3 Å². The SMILES string of the molecule is COc1cc(C)c(NC(=O)c2sc3cccc(F)c3c2C)cc1OC. The van der Waals surface area contributed by atoms with Gasteiger partial charge in [0.25, 0.3) is 5.91 Å². The van der Waals surface area contributed by atoms with E-state index in [4.69, 9.17) is 9.47 Å². The van der Waals surface area contributed by atoms with Crippen LogP contribution in [0.3, 0.4) is 0 Å². The first kappa shape index (κ1) is 17.2. The first-order valence-electron chi connectivity index (χ1n) is 7.67. The van der Waals surface area contributed by atoms with Crippen molar-refractivity contribution in [3.05, 3.63) is 52.2 Å². The van der Waals surface area contributed by atoms with E-state index in [1.807, 2.05) is 13.0 Å². The van der Waals surface area contributed by atoms with Gasteiger partial charge in [-0.1, -0.05) is 6.07 Å². The topological polar surface area (TPSA) is 47.6 Å². The number of rotatable bonds is 4. The van der Waals surface area contributed by atoms with Gasteiger partial charge in [-0.05, 0) is 43.2 Å². The summed E-state index contributed by atoms with van der Waals surface area (Å²) in [5, 5.41) is 3.39. The lowest BCUT2D eigenvalue weighted by Crippen LogP contribution is -2.12. The second-order valence-electron chi connectivity index (χ2n) is 5.65. The molecule has 0 saturated carbocycles. The lowest BCUT2D eigenvalue weighted by molar-refractivity contribution is 0.103. The average molecular weight is 359 g/mol. The largest absolute Gasteiger partial charge is 0.493 e. The monoisotopic (exact) mass is 359 g/mol. The number of nitrogens with one attached hydrogen (secondary N) is 1. The molecule has 0 aliphatic rings. The third-order valence-electron chi connectivity index (χ3n) is 4.09. The Morgan fingerprint density at radius 1 is 1.12 bits per heavy atom.